The van der Waals surface area contributed by atoms with Crippen molar-refractivity contribution < 1.29 is 9.47 Å². The maximum atomic E-state index is 6.01. The van der Waals surface area contributed by atoms with Gasteiger partial charge in [0.15, 0.2) is 5.79 Å². The largest absolute Gasteiger partial charge is 0.340 e. The zero-order chi connectivity index (χ0) is 13.4. The maximum absolute atomic E-state index is 6.01. The lowest BCUT2D eigenvalue weighted by Gasteiger charge is -2.27. The number of hydrogen-bond donors (Lipinski definition) is 0. The van der Waals surface area contributed by atoms with Crippen molar-refractivity contribution in [2.75, 3.05) is 0 Å². The Hall–Kier alpha value is -0.820. The summed E-state index contributed by atoms with van der Waals surface area (Å²) in [7, 11) is 0. The SMILES string of the molecule is C#CC[C@@]1(C)OC(C)(C)O[C@@H]1c1ccc(Br)cc1. The van der Waals surface area contributed by atoms with Crippen LogP contribution in [-0.4, -0.2) is 11.4 Å². The molecule has 1 fully saturated rings. The Bertz CT molecular complexity index is 472. The fourth-order valence-corrected chi connectivity index (χ4v) is 2.70. The summed E-state index contributed by atoms with van der Waals surface area (Å²) in [6.45, 7) is 5.84. The minimum Gasteiger partial charge on any atom is -0.340 e. The van der Waals surface area contributed by atoms with E-state index in [9.17, 15) is 0 Å². The zero-order valence-corrected chi connectivity index (χ0v) is 12.5. The first kappa shape index (κ1) is 13.6. The van der Waals surface area contributed by atoms with E-state index in [1.54, 1.807) is 0 Å². The van der Waals surface area contributed by atoms with E-state index in [2.05, 4.69) is 21.9 Å². The molecule has 2 rings (SSSR count). The lowest BCUT2D eigenvalue weighted by atomic mass is 9.90. The van der Waals surface area contributed by atoms with Crippen molar-refractivity contribution >= 4 is 15.9 Å². The smallest absolute Gasteiger partial charge is 0.164 e. The van der Waals surface area contributed by atoms with Crippen molar-refractivity contribution in [1.82, 2.24) is 0 Å². The molecule has 18 heavy (non-hydrogen) atoms. The lowest BCUT2D eigenvalue weighted by molar-refractivity contribution is -0.159. The number of hydrogen-bond acceptors (Lipinski definition) is 2. The summed E-state index contributed by atoms with van der Waals surface area (Å²) in [6, 6.07) is 8.07. The summed E-state index contributed by atoms with van der Waals surface area (Å²) < 4.78 is 13.1. The summed E-state index contributed by atoms with van der Waals surface area (Å²) in [5.74, 6) is 2.08. The van der Waals surface area contributed by atoms with Crippen LogP contribution in [0, 0.1) is 12.3 Å². The Balaban J connectivity index is 2.35. The Morgan fingerprint density at radius 2 is 1.89 bits per heavy atom. The minimum atomic E-state index is -0.608. The Labute approximate surface area is 117 Å². The van der Waals surface area contributed by atoms with Gasteiger partial charge in [-0.2, -0.15) is 0 Å². The summed E-state index contributed by atoms with van der Waals surface area (Å²) in [5, 5.41) is 0. The second kappa shape index (κ2) is 4.70. The van der Waals surface area contributed by atoms with Crippen LogP contribution in [0.25, 0.3) is 0 Å². The molecule has 0 unspecified atom stereocenters. The molecule has 0 saturated carbocycles. The molecule has 0 N–H and O–H groups in total. The monoisotopic (exact) mass is 308 g/mol. The quantitative estimate of drug-likeness (QED) is 0.767. The van der Waals surface area contributed by atoms with Crippen molar-refractivity contribution in [2.24, 2.45) is 0 Å². The van der Waals surface area contributed by atoms with Crippen molar-refractivity contribution in [3.8, 4) is 12.3 Å². The van der Waals surface area contributed by atoms with Gasteiger partial charge in [0.25, 0.3) is 0 Å². The summed E-state index contributed by atoms with van der Waals surface area (Å²) in [6.07, 6.45) is 5.84. The predicted molar refractivity (Wildman–Crippen MR) is 75.0 cm³/mol. The highest BCUT2D eigenvalue weighted by Crippen LogP contribution is 2.47. The number of halogens is 1. The number of terminal acetylenes is 1. The molecule has 1 aliphatic rings. The maximum Gasteiger partial charge on any atom is 0.164 e. The molecular formula is C15H17BrO2. The summed E-state index contributed by atoms with van der Waals surface area (Å²) in [5.41, 5.74) is 0.605. The van der Waals surface area contributed by atoms with E-state index in [-0.39, 0.29) is 6.10 Å². The van der Waals surface area contributed by atoms with Gasteiger partial charge in [0.05, 0.1) is 0 Å². The second-order valence-electron chi connectivity index (χ2n) is 5.24. The average molecular weight is 309 g/mol. The Kier molecular flexibility index (Phi) is 3.55. The first-order valence-corrected chi connectivity index (χ1v) is 6.72. The molecule has 1 heterocycles. The van der Waals surface area contributed by atoms with Crippen LogP contribution in [0.1, 0.15) is 38.9 Å². The third-order valence-electron chi connectivity index (χ3n) is 3.06. The van der Waals surface area contributed by atoms with Gasteiger partial charge in [-0.15, -0.1) is 12.3 Å². The highest BCUT2D eigenvalue weighted by atomic mass is 79.9. The molecule has 3 heteroatoms. The van der Waals surface area contributed by atoms with E-state index in [0.717, 1.165) is 10.0 Å². The summed E-state index contributed by atoms with van der Waals surface area (Å²) >= 11 is 3.43. The lowest BCUT2D eigenvalue weighted by Crippen LogP contribution is -2.32. The molecule has 0 aromatic heterocycles. The first-order chi connectivity index (χ1) is 8.36. The van der Waals surface area contributed by atoms with Crippen LogP contribution in [0.2, 0.25) is 0 Å². The molecule has 2 nitrogen and oxygen atoms in total. The molecule has 1 aromatic carbocycles. The van der Waals surface area contributed by atoms with Gasteiger partial charge in [-0.25, -0.2) is 0 Å². The van der Waals surface area contributed by atoms with Crippen molar-refractivity contribution in [3.63, 3.8) is 0 Å². The standard InChI is InChI=1S/C15H17BrO2/c1-5-10-15(4)13(17-14(2,3)18-15)11-6-8-12(16)9-7-11/h1,6-9,13H,10H2,2-4H3/t13-,15-/m1/s1. The fraction of sp³-hybridized carbons (Fsp3) is 0.467. The zero-order valence-electron chi connectivity index (χ0n) is 10.9. The van der Waals surface area contributed by atoms with Crippen LogP contribution in [0.4, 0.5) is 0 Å². The fourth-order valence-electron chi connectivity index (χ4n) is 2.44. The van der Waals surface area contributed by atoms with E-state index < -0.39 is 11.4 Å². The average Bonchev–Trinajstić information content (AvgIpc) is 2.50. The van der Waals surface area contributed by atoms with Crippen molar-refractivity contribution in [2.45, 2.75) is 44.7 Å². The Morgan fingerprint density at radius 3 is 2.44 bits per heavy atom. The van der Waals surface area contributed by atoms with Gasteiger partial charge in [-0.3, -0.25) is 0 Å². The summed E-state index contributed by atoms with van der Waals surface area (Å²) in [4.78, 5) is 0. The van der Waals surface area contributed by atoms with Gasteiger partial charge < -0.3 is 9.47 Å². The predicted octanol–water partition coefficient (Wildman–Crippen LogP) is 4.06. The molecule has 96 valence electrons. The molecule has 0 bridgehead atoms. The molecule has 1 saturated heterocycles. The first-order valence-electron chi connectivity index (χ1n) is 5.93. The van der Waals surface area contributed by atoms with E-state index in [1.165, 1.54) is 0 Å². The molecule has 0 aliphatic carbocycles. The molecule has 0 spiro atoms. The van der Waals surface area contributed by atoms with E-state index in [1.807, 2.05) is 45.0 Å². The van der Waals surface area contributed by atoms with Gasteiger partial charge in [0, 0.05) is 10.9 Å². The van der Waals surface area contributed by atoms with Crippen LogP contribution in [-0.2, 0) is 9.47 Å². The third kappa shape index (κ3) is 2.61. The minimum absolute atomic E-state index is 0.142. The second-order valence-corrected chi connectivity index (χ2v) is 6.16. The third-order valence-corrected chi connectivity index (χ3v) is 3.59. The molecule has 1 aliphatic heterocycles. The molecule has 2 atom stereocenters. The number of ether oxygens (including phenoxy) is 2. The van der Waals surface area contributed by atoms with E-state index in [4.69, 9.17) is 15.9 Å². The van der Waals surface area contributed by atoms with Crippen molar-refractivity contribution in [3.05, 3.63) is 34.3 Å². The number of benzene rings is 1. The normalized spacial score (nSPS) is 30.1. The Morgan fingerprint density at radius 1 is 1.28 bits per heavy atom. The molecule has 0 radical (unpaired) electrons. The highest BCUT2D eigenvalue weighted by Gasteiger charge is 2.50. The van der Waals surface area contributed by atoms with E-state index >= 15 is 0 Å². The van der Waals surface area contributed by atoms with Crippen LogP contribution in [0.5, 0.6) is 0 Å². The van der Waals surface area contributed by atoms with Crippen LogP contribution in [0.3, 0.4) is 0 Å². The van der Waals surface area contributed by atoms with Crippen LogP contribution < -0.4 is 0 Å². The van der Waals surface area contributed by atoms with Gasteiger partial charge in [0.1, 0.15) is 11.7 Å². The molecule has 0 amide bonds. The number of rotatable bonds is 2. The van der Waals surface area contributed by atoms with Gasteiger partial charge in [-0.1, -0.05) is 28.1 Å². The molecule has 1 aromatic rings. The van der Waals surface area contributed by atoms with E-state index in [0.29, 0.717) is 6.42 Å². The molecular weight excluding hydrogens is 292 g/mol. The van der Waals surface area contributed by atoms with Gasteiger partial charge in [0.2, 0.25) is 0 Å². The van der Waals surface area contributed by atoms with Crippen LogP contribution in [0.15, 0.2) is 28.7 Å². The highest BCUT2D eigenvalue weighted by molar-refractivity contribution is 9.10. The van der Waals surface area contributed by atoms with Gasteiger partial charge >= 0.3 is 0 Å². The van der Waals surface area contributed by atoms with Crippen molar-refractivity contribution in [1.29, 1.82) is 0 Å². The van der Waals surface area contributed by atoms with Gasteiger partial charge in [-0.05, 0) is 38.5 Å². The topological polar surface area (TPSA) is 18.5 Å². The van der Waals surface area contributed by atoms with Crippen LogP contribution >= 0.6 is 15.9 Å².